The van der Waals surface area contributed by atoms with Crippen LogP contribution in [0.1, 0.15) is 24.3 Å². The SMILES string of the molecule is CCN(CC)C(=O)c1c(O)c(NC(=Nc2cccc(Cl)c2Cl)NC#N)cn1C. The van der Waals surface area contributed by atoms with Gasteiger partial charge in [-0.1, -0.05) is 29.3 Å². The lowest BCUT2D eigenvalue weighted by atomic mass is 10.3. The van der Waals surface area contributed by atoms with Crippen LogP contribution in [0.25, 0.3) is 0 Å². The van der Waals surface area contributed by atoms with Gasteiger partial charge in [0, 0.05) is 26.3 Å². The van der Waals surface area contributed by atoms with E-state index in [0.29, 0.717) is 23.8 Å². The number of nitrogens with zero attached hydrogens (tertiary/aromatic N) is 4. The lowest BCUT2D eigenvalue weighted by Crippen LogP contribution is -2.31. The zero-order valence-electron chi connectivity index (χ0n) is 15.6. The number of benzene rings is 1. The molecule has 10 heteroatoms. The Balaban J connectivity index is 2.40. The first kappa shape index (κ1) is 21.4. The molecule has 0 spiro atoms. The first-order valence-electron chi connectivity index (χ1n) is 8.46. The van der Waals surface area contributed by atoms with E-state index in [9.17, 15) is 9.90 Å². The normalized spacial score (nSPS) is 11.1. The molecule has 0 fully saturated rings. The van der Waals surface area contributed by atoms with Gasteiger partial charge >= 0.3 is 0 Å². The van der Waals surface area contributed by atoms with Crippen LogP contribution < -0.4 is 10.6 Å². The summed E-state index contributed by atoms with van der Waals surface area (Å²) in [4.78, 5) is 18.5. The molecule has 0 atom stereocenters. The van der Waals surface area contributed by atoms with Crippen LogP contribution in [-0.4, -0.2) is 39.5 Å². The summed E-state index contributed by atoms with van der Waals surface area (Å²) >= 11 is 12.1. The maximum Gasteiger partial charge on any atom is 0.274 e. The van der Waals surface area contributed by atoms with Crippen molar-refractivity contribution in [2.45, 2.75) is 13.8 Å². The van der Waals surface area contributed by atoms with Gasteiger partial charge in [-0.15, -0.1) is 0 Å². The highest BCUT2D eigenvalue weighted by atomic mass is 35.5. The summed E-state index contributed by atoms with van der Waals surface area (Å²) in [6.45, 7) is 4.74. The van der Waals surface area contributed by atoms with E-state index in [-0.39, 0.29) is 34.0 Å². The Morgan fingerprint density at radius 2 is 2.04 bits per heavy atom. The second-order valence-corrected chi connectivity index (χ2v) is 6.51. The molecule has 1 amide bonds. The molecule has 0 unspecified atom stereocenters. The molecule has 28 heavy (non-hydrogen) atoms. The van der Waals surface area contributed by atoms with Crippen molar-refractivity contribution in [2.24, 2.45) is 12.0 Å². The predicted octanol–water partition coefficient (Wildman–Crippen LogP) is 3.69. The number of hydrogen-bond acceptors (Lipinski definition) is 4. The minimum atomic E-state index is -0.303. The summed E-state index contributed by atoms with van der Waals surface area (Å²) in [6.07, 6.45) is 3.29. The molecule has 0 aliphatic carbocycles. The Kier molecular flexibility index (Phi) is 7.15. The van der Waals surface area contributed by atoms with Gasteiger partial charge in [0.1, 0.15) is 5.69 Å². The average molecular weight is 423 g/mol. The molecular formula is C18H20Cl2N6O2. The van der Waals surface area contributed by atoms with E-state index in [2.05, 4.69) is 15.6 Å². The Morgan fingerprint density at radius 3 is 2.64 bits per heavy atom. The molecule has 8 nitrogen and oxygen atoms in total. The summed E-state index contributed by atoms with van der Waals surface area (Å²) in [5, 5.41) is 25.3. The number of carbonyl (C=O) groups excluding carboxylic acids is 1. The summed E-state index contributed by atoms with van der Waals surface area (Å²) in [6, 6.07) is 4.90. The Labute approximate surface area is 173 Å². The molecule has 148 valence electrons. The molecule has 0 aliphatic rings. The van der Waals surface area contributed by atoms with E-state index in [1.165, 1.54) is 10.8 Å². The van der Waals surface area contributed by atoms with Gasteiger partial charge in [-0.3, -0.25) is 10.1 Å². The zero-order valence-corrected chi connectivity index (χ0v) is 17.1. The molecule has 0 saturated carbocycles. The van der Waals surface area contributed by atoms with Crippen molar-refractivity contribution in [1.82, 2.24) is 14.8 Å². The van der Waals surface area contributed by atoms with E-state index in [4.69, 9.17) is 28.5 Å². The third-order valence-electron chi connectivity index (χ3n) is 4.00. The number of carbonyl (C=O) groups is 1. The smallest absolute Gasteiger partial charge is 0.274 e. The lowest BCUT2D eigenvalue weighted by molar-refractivity contribution is 0.0760. The summed E-state index contributed by atoms with van der Waals surface area (Å²) < 4.78 is 1.51. The Morgan fingerprint density at radius 1 is 1.36 bits per heavy atom. The molecule has 1 heterocycles. The Hall–Kier alpha value is -2.89. The molecule has 0 bridgehead atoms. The number of aromatic nitrogens is 1. The highest BCUT2D eigenvalue weighted by molar-refractivity contribution is 6.43. The van der Waals surface area contributed by atoms with Crippen LogP contribution in [0.5, 0.6) is 5.75 Å². The van der Waals surface area contributed by atoms with Crippen LogP contribution in [-0.2, 0) is 7.05 Å². The van der Waals surface area contributed by atoms with E-state index in [1.807, 2.05) is 13.8 Å². The topological polar surface area (TPSA) is 106 Å². The van der Waals surface area contributed by atoms with Crippen LogP contribution >= 0.6 is 23.2 Å². The van der Waals surface area contributed by atoms with Gasteiger partial charge < -0.3 is 19.9 Å². The number of hydrogen-bond donors (Lipinski definition) is 3. The van der Waals surface area contributed by atoms with Gasteiger partial charge in [-0.25, -0.2) is 4.99 Å². The number of nitrogens with one attached hydrogen (secondary N) is 2. The van der Waals surface area contributed by atoms with Crippen molar-refractivity contribution >= 4 is 46.4 Å². The number of nitriles is 1. The lowest BCUT2D eigenvalue weighted by Gasteiger charge is -2.18. The van der Waals surface area contributed by atoms with Crippen molar-refractivity contribution in [3.63, 3.8) is 0 Å². The number of aromatic hydroxyl groups is 1. The van der Waals surface area contributed by atoms with Crippen molar-refractivity contribution in [2.75, 3.05) is 18.4 Å². The molecule has 3 N–H and O–H groups in total. The highest BCUT2D eigenvalue weighted by Gasteiger charge is 2.24. The number of aryl methyl sites for hydroxylation is 1. The summed E-state index contributed by atoms with van der Waals surface area (Å²) in [7, 11) is 1.64. The fourth-order valence-electron chi connectivity index (χ4n) is 2.59. The fraction of sp³-hybridized carbons (Fsp3) is 0.278. The molecule has 1 aromatic heterocycles. The largest absolute Gasteiger partial charge is 0.504 e. The molecule has 1 aromatic carbocycles. The van der Waals surface area contributed by atoms with E-state index in [0.717, 1.165) is 0 Å². The second-order valence-electron chi connectivity index (χ2n) is 5.72. The minimum absolute atomic E-state index is 0.00871. The molecule has 0 saturated heterocycles. The fourth-order valence-corrected chi connectivity index (χ4v) is 2.92. The van der Waals surface area contributed by atoms with Crippen LogP contribution in [0.15, 0.2) is 29.4 Å². The molecular weight excluding hydrogens is 403 g/mol. The molecule has 0 aliphatic heterocycles. The minimum Gasteiger partial charge on any atom is -0.504 e. The molecule has 0 radical (unpaired) electrons. The van der Waals surface area contributed by atoms with E-state index < -0.39 is 0 Å². The highest BCUT2D eigenvalue weighted by Crippen LogP contribution is 2.33. The molecule has 2 aromatic rings. The number of halogens is 2. The molecule has 2 rings (SSSR count). The third-order valence-corrected chi connectivity index (χ3v) is 4.81. The second kappa shape index (κ2) is 9.35. The van der Waals surface area contributed by atoms with Gasteiger partial charge in [0.05, 0.1) is 15.7 Å². The van der Waals surface area contributed by atoms with Gasteiger partial charge in [0.15, 0.2) is 17.6 Å². The predicted molar refractivity (Wildman–Crippen MR) is 110 cm³/mol. The standard InChI is InChI=1S/C18H20Cl2N6O2/c1-4-26(5-2)17(28)15-16(27)13(9-25(15)3)24-18(22-10-21)23-12-8-6-7-11(19)14(12)20/h6-9,27H,4-5H2,1-3H3,(H2,22,23,24). The van der Waals surface area contributed by atoms with Crippen LogP contribution in [0, 0.1) is 11.5 Å². The summed E-state index contributed by atoms with van der Waals surface area (Å²) in [5.74, 6) is -0.541. The van der Waals surface area contributed by atoms with Gasteiger partial charge in [-0.2, -0.15) is 5.26 Å². The first-order valence-corrected chi connectivity index (χ1v) is 9.21. The monoisotopic (exact) mass is 422 g/mol. The van der Waals surface area contributed by atoms with Crippen LogP contribution in [0.4, 0.5) is 11.4 Å². The quantitative estimate of drug-likeness (QED) is 0.294. The summed E-state index contributed by atoms with van der Waals surface area (Å²) in [5.41, 5.74) is 0.662. The Bertz CT molecular complexity index is 944. The first-order chi connectivity index (χ1) is 13.3. The van der Waals surface area contributed by atoms with Crippen molar-refractivity contribution < 1.29 is 9.90 Å². The number of amides is 1. The van der Waals surface area contributed by atoms with Crippen molar-refractivity contribution in [1.29, 1.82) is 5.26 Å². The van der Waals surface area contributed by atoms with E-state index >= 15 is 0 Å². The van der Waals surface area contributed by atoms with Crippen LogP contribution in [0.2, 0.25) is 10.0 Å². The van der Waals surface area contributed by atoms with Crippen molar-refractivity contribution in [3.8, 4) is 11.9 Å². The van der Waals surface area contributed by atoms with Crippen molar-refractivity contribution in [3.05, 3.63) is 40.1 Å². The number of rotatable bonds is 5. The maximum atomic E-state index is 12.6. The maximum absolute atomic E-state index is 12.6. The van der Waals surface area contributed by atoms with Gasteiger partial charge in [0.25, 0.3) is 5.91 Å². The average Bonchev–Trinajstić information content (AvgIpc) is 2.93. The number of anilines is 1. The zero-order chi connectivity index (χ0) is 20.8. The van der Waals surface area contributed by atoms with Gasteiger partial charge in [-0.05, 0) is 26.0 Å². The number of aliphatic imine (C=N–C) groups is 1. The van der Waals surface area contributed by atoms with E-state index in [1.54, 1.807) is 36.3 Å². The number of guanidine groups is 1. The van der Waals surface area contributed by atoms with Gasteiger partial charge in [0.2, 0.25) is 5.96 Å². The van der Waals surface area contributed by atoms with Crippen LogP contribution in [0.3, 0.4) is 0 Å². The third kappa shape index (κ3) is 4.50.